The number of carbonyl (C=O) groups excluding carboxylic acids is 2. The Hall–Kier alpha value is -2.65. The van der Waals surface area contributed by atoms with Crippen molar-refractivity contribution >= 4 is 36.6 Å². The van der Waals surface area contributed by atoms with Crippen molar-refractivity contribution in [2.45, 2.75) is 53.7 Å². The first-order valence-electron chi connectivity index (χ1n) is 11.4. The highest BCUT2D eigenvalue weighted by atomic mass is 127. The van der Waals surface area contributed by atoms with Gasteiger partial charge in [0, 0.05) is 15.7 Å². The van der Waals surface area contributed by atoms with Crippen LogP contribution in [-0.4, -0.2) is 41.7 Å². The molecule has 1 N–H and O–H groups in total. The average molecular weight is 659 g/mol. The van der Waals surface area contributed by atoms with Crippen LogP contribution in [0.15, 0.2) is 30.5 Å². The summed E-state index contributed by atoms with van der Waals surface area (Å²) in [6.45, 7) is 0. The molecule has 1 aromatic carbocycles. The summed E-state index contributed by atoms with van der Waals surface area (Å²) >= 11 is -0.460. The van der Waals surface area contributed by atoms with Gasteiger partial charge in [-0.2, -0.15) is 26.3 Å². The van der Waals surface area contributed by atoms with Crippen molar-refractivity contribution in [3.8, 4) is 0 Å². The van der Waals surface area contributed by atoms with E-state index in [1.54, 1.807) is 0 Å². The number of hydrogen-bond acceptors (Lipinski definition) is 3. The quantitative estimate of drug-likeness (QED) is 0.266. The van der Waals surface area contributed by atoms with E-state index in [1.165, 1.54) is 4.90 Å². The summed E-state index contributed by atoms with van der Waals surface area (Å²) in [5.74, 6) is -4.98. The SMILES string of the molecule is O=C(N[C@@H](c1cc(F)c(C(F)(F)F)cc1F)C1CC1)[C@H]1C[C@H]2I=C[C@H]2N1C(=O)c1cc(C(F)(F)F)ccn1. The second-order valence-corrected chi connectivity index (χ2v) is 12.4. The van der Waals surface area contributed by atoms with Crippen LogP contribution in [0.5, 0.6) is 0 Å². The van der Waals surface area contributed by atoms with Crippen molar-refractivity contribution in [1.82, 2.24) is 15.2 Å². The third-order valence-corrected chi connectivity index (χ3v) is 10.1. The standard InChI is InChI=1S/C24H18F8IN3O2/c25-14-7-13(24(30,31)32)15(26)6-12(14)20(10-1-2-10)35-21(37)18-8-16-19(9-33-16)36(18)22(38)17-5-11(3-4-34-17)23(27,28)29/h3-7,9-10,16,18-20H,1-2,8H2,(H,35,37)/t16-,18-,19-,20-/m1/s1. The fraction of sp³-hybridized carbons (Fsp3) is 0.417. The highest BCUT2D eigenvalue weighted by Crippen LogP contribution is 2.45. The lowest BCUT2D eigenvalue weighted by Crippen LogP contribution is -2.51. The summed E-state index contributed by atoms with van der Waals surface area (Å²) in [6.07, 6.45) is -7.72. The van der Waals surface area contributed by atoms with E-state index in [-0.39, 0.29) is 22.3 Å². The highest BCUT2D eigenvalue weighted by molar-refractivity contribution is 14.2. The van der Waals surface area contributed by atoms with Crippen LogP contribution in [0.4, 0.5) is 35.1 Å². The van der Waals surface area contributed by atoms with Crippen molar-refractivity contribution in [1.29, 1.82) is 0 Å². The molecule has 5 rings (SSSR count). The Kier molecular flexibility index (Phi) is 6.75. The van der Waals surface area contributed by atoms with Gasteiger partial charge in [0.2, 0.25) is 5.91 Å². The summed E-state index contributed by atoms with van der Waals surface area (Å²) in [6, 6.07) is -0.929. The Labute approximate surface area is 220 Å². The molecule has 2 amide bonds. The normalized spacial score (nSPS) is 23.8. The molecule has 2 fully saturated rings. The van der Waals surface area contributed by atoms with Gasteiger partial charge < -0.3 is 10.2 Å². The molecular formula is C24H18F8IN3O2. The molecular weight excluding hydrogens is 641 g/mol. The summed E-state index contributed by atoms with van der Waals surface area (Å²) in [4.78, 5) is 31.6. The number of fused-ring (bicyclic) bond motifs is 1. The molecule has 1 saturated heterocycles. The average Bonchev–Trinajstić information content (AvgIpc) is 3.62. The van der Waals surface area contributed by atoms with Gasteiger partial charge in [0.15, 0.2) is 0 Å². The van der Waals surface area contributed by atoms with E-state index in [0.717, 1.165) is 6.20 Å². The molecule has 2 aromatic rings. The number of pyridine rings is 1. The molecule has 14 heteroatoms. The fourth-order valence-electron chi connectivity index (χ4n) is 4.71. The smallest absolute Gasteiger partial charge is 0.347 e. The number of rotatable bonds is 5. The van der Waals surface area contributed by atoms with Crippen LogP contribution >= 0.6 is 20.7 Å². The van der Waals surface area contributed by atoms with Crippen molar-refractivity contribution in [2.75, 3.05) is 0 Å². The highest BCUT2D eigenvalue weighted by Gasteiger charge is 2.50. The molecule has 38 heavy (non-hydrogen) atoms. The van der Waals surface area contributed by atoms with Crippen molar-refractivity contribution in [3.63, 3.8) is 0 Å². The van der Waals surface area contributed by atoms with Gasteiger partial charge in [-0.3, -0.25) is 14.6 Å². The fourth-order valence-corrected chi connectivity index (χ4v) is 7.56. The zero-order valence-electron chi connectivity index (χ0n) is 19.1. The minimum atomic E-state index is -5.11. The van der Waals surface area contributed by atoms with E-state index in [4.69, 9.17) is 0 Å². The number of nitrogens with zero attached hydrogens (tertiary/aromatic N) is 2. The number of alkyl halides is 7. The largest absolute Gasteiger partial charge is 0.419 e. The maximum absolute atomic E-state index is 14.7. The monoisotopic (exact) mass is 659 g/mol. The molecule has 3 heterocycles. The van der Waals surface area contributed by atoms with Crippen LogP contribution in [0.2, 0.25) is 0 Å². The molecule has 0 bridgehead atoms. The van der Waals surface area contributed by atoms with E-state index in [1.807, 2.05) is 4.01 Å². The zero-order valence-corrected chi connectivity index (χ0v) is 21.2. The Morgan fingerprint density at radius 1 is 1.03 bits per heavy atom. The van der Waals surface area contributed by atoms with Crippen LogP contribution in [0.3, 0.4) is 0 Å². The first-order chi connectivity index (χ1) is 17.8. The number of likely N-dealkylation sites (tertiary alicyclic amines) is 1. The van der Waals surface area contributed by atoms with E-state index >= 15 is 0 Å². The predicted octanol–water partition coefficient (Wildman–Crippen LogP) is 5.40. The van der Waals surface area contributed by atoms with E-state index in [9.17, 15) is 44.7 Å². The Bertz CT molecular complexity index is 1320. The maximum Gasteiger partial charge on any atom is 0.419 e. The van der Waals surface area contributed by atoms with Gasteiger partial charge in [0.25, 0.3) is 5.91 Å². The summed E-state index contributed by atoms with van der Waals surface area (Å²) < 4.78 is 109. The Morgan fingerprint density at radius 3 is 2.32 bits per heavy atom. The van der Waals surface area contributed by atoms with Crippen LogP contribution in [0.1, 0.15) is 52.5 Å². The maximum atomic E-state index is 14.7. The molecule has 204 valence electrons. The molecule has 5 nitrogen and oxygen atoms in total. The van der Waals surface area contributed by atoms with E-state index in [2.05, 4.69) is 10.3 Å². The van der Waals surface area contributed by atoms with E-state index in [0.29, 0.717) is 31.0 Å². The number of aromatic nitrogens is 1. The van der Waals surface area contributed by atoms with Gasteiger partial charge in [0.1, 0.15) is 23.4 Å². The predicted molar refractivity (Wildman–Crippen MR) is 126 cm³/mol. The van der Waals surface area contributed by atoms with Gasteiger partial charge in [-0.05, 0) is 53.5 Å². The lowest BCUT2D eigenvalue weighted by Gasteiger charge is -2.32. The zero-order chi connectivity index (χ0) is 27.6. The number of carbonyl (C=O) groups is 2. The molecule has 1 saturated carbocycles. The molecule has 1 aliphatic carbocycles. The minimum absolute atomic E-state index is 0.0149. The second-order valence-electron chi connectivity index (χ2n) is 9.33. The third-order valence-electron chi connectivity index (χ3n) is 6.80. The molecule has 2 aliphatic heterocycles. The Morgan fingerprint density at radius 2 is 1.74 bits per heavy atom. The van der Waals surface area contributed by atoms with E-state index < -0.39 is 97.0 Å². The van der Waals surface area contributed by atoms with Crippen molar-refractivity contribution < 1.29 is 44.7 Å². The van der Waals surface area contributed by atoms with Gasteiger partial charge >= 0.3 is 12.4 Å². The van der Waals surface area contributed by atoms with Gasteiger partial charge in [-0.25, -0.2) is 8.78 Å². The van der Waals surface area contributed by atoms with Crippen LogP contribution in [-0.2, 0) is 17.1 Å². The first-order valence-corrected chi connectivity index (χ1v) is 13.9. The molecule has 4 atom stereocenters. The number of halogens is 9. The molecule has 1 aromatic heterocycles. The number of nitrogens with one attached hydrogen (secondary N) is 1. The third kappa shape index (κ3) is 5.02. The summed E-state index contributed by atoms with van der Waals surface area (Å²) in [5, 5.41) is 2.58. The number of benzene rings is 1. The lowest BCUT2D eigenvalue weighted by atomic mass is 9.98. The van der Waals surface area contributed by atoms with Crippen molar-refractivity contribution in [3.05, 3.63) is 64.5 Å². The first kappa shape index (κ1) is 26.9. The van der Waals surface area contributed by atoms with Crippen LogP contribution in [0, 0.1) is 17.6 Å². The van der Waals surface area contributed by atoms with Crippen LogP contribution in [0.25, 0.3) is 0 Å². The van der Waals surface area contributed by atoms with Crippen LogP contribution < -0.4 is 5.32 Å². The lowest BCUT2D eigenvalue weighted by molar-refractivity contribution is -0.140. The minimum Gasteiger partial charge on any atom is -0.347 e. The number of hydrogen-bond donors (Lipinski definition) is 1. The second kappa shape index (κ2) is 9.52. The van der Waals surface area contributed by atoms with Crippen molar-refractivity contribution in [2.24, 2.45) is 5.92 Å². The van der Waals surface area contributed by atoms with Gasteiger partial charge in [-0.15, -0.1) is 20.7 Å². The topological polar surface area (TPSA) is 62.3 Å². The van der Waals surface area contributed by atoms with Gasteiger partial charge in [0.05, 0.1) is 23.2 Å². The molecule has 0 unspecified atom stereocenters. The molecule has 0 radical (unpaired) electrons. The summed E-state index contributed by atoms with van der Waals surface area (Å²) in [5.41, 5.74) is -3.78. The molecule has 0 spiro atoms. The van der Waals surface area contributed by atoms with Gasteiger partial charge in [-0.1, -0.05) is 0 Å². The Balaban J connectivity index is 1.41. The number of amides is 2. The summed E-state index contributed by atoms with van der Waals surface area (Å²) in [7, 11) is 0. The molecule has 3 aliphatic rings.